The Morgan fingerprint density at radius 3 is 1.83 bits per heavy atom. The summed E-state index contributed by atoms with van der Waals surface area (Å²) in [6.45, 7) is 4.83. The minimum Gasteiger partial charge on any atom is -0.426 e. The first-order chi connectivity index (χ1) is 14.7. The van der Waals surface area contributed by atoms with E-state index < -0.39 is 8.25 Å². The molecular formula is C26H31O3P. The standard InChI is InChI=1S/C26H31O3P/c1-3-5-9-21(4-2)20-28-30(27)29-26-18-16-25(17-19-26)24-14-12-23(13-15-24)22-10-7-6-8-11-22/h6-8,10-19,21,30H,3-5,9,20H2,1-2H3. The second-order valence-electron chi connectivity index (χ2n) is 7.55. The van der Waals surface area contributed by atoms with Gasteiger partial charge in [0.05, 0.1) is 6.61 Å². The normalized spacial score (nSPS) is 13.0. The first-order valence-electron chi connectivity index (χ1n) is 10.8. The predicted molar refractivity (Wildman–Crippen MR) is 126 cm³/mol. The van der Waals surface area contributed by atoms with Crippen LogP contribution in [-0.4, -0.2) is 6.61 Å². The number of hydrogen-bond acceptors (Lipinski definition) is 3. The molecule has 30 heavy (non-hydrogen) atoms. The van der Waals surface area contributed by atoms with E-state index in [1.807, 2.05) is 42.5 Å². The fourth-order valence-corrected chi connectivity index (χ4v) is 4.17. The molecule has 0 fully saturated rings. The van der Waals surface area contributed by atoms with Crippen LogP contribution in [0.4, 0.5) is 0 Å². The van der Waals surface area contributed by atoms with Crippen LogP contribution in [0.2, 0.25) is 0 Å². The average Bonchev–Trinajstić information content (AvgIpc) is 2.80. The Morgan fingerprint density at radius 2 is 1.30 bits per heavy atom. The van der Waals surface area contributed by atoms with Crippen LogP contribution in [0.3, 0.4) is 0 Å². The molecule has 2 unspecified atom stereocenters. The summed E-state index contributed by atoms with van der Waals surface area (Å²) < 4.78 is 23.2. The molecule has 3 rings (SSSR count). The van der Waals surface area contributed by atoms with Crippen molar-refractivity contribution in [2.45, 2.75) is 39.5 Å². The molecule has 0 saturated carbocycles. The van der Waals surface area contributed by atoms with E-state index in [1.165, 1.54) is 24.0 Å². The molecule has 0 bridgehead atoms. The second kappa shape index (κ2) is 11.7. The van der Waals surface area contributed by atoms with Crippen LogP contribution < -0.4 is 4.52 Å². The third-order valence-electron chi connectivity index (χ3n) is 5.36. The zero-order valence-corrected chi connectivity index (χ0v) is 18.8. The van der Waals surface area contributed by atoms with Crippen LogP contribution in [0.1, 0.15) is 39.5 Å². The predicted octanol–water partition coefficient (Wildman–Crippen LogP) is 8.02. The quantitative estimate of drug-likeness (QED) is 0.293. The van der Waals surface area contributed by atoms with Gasteiger partial charge in [0.15, 0.2) is 0 Å². The summed E-state index contributed by atoms with van der Waals surface area (Å²) in [5, 5.41) is 0. The molecule has 4 heteroatoms. The van der Waals surface area contributed by atoms with E-state index in [1.54, 1.807) is 0 Å². The molecule has 0 spiro atoms. The van der Waals surface area contributed by atoms with Crippen LogP contribution in [0.25, 0.3) is 22.3 Å². The third kappa shape index (κ3) is 6.58. The van der Waals surface area contributed by atoms with Crippen molar-refractivity contribution in [2.75, 3.05) is 6.61 Å². The summed E-state index contributed by atoms with van der Waals surface area (Å²) in [7, 11) is -2.53. The Kier molecular flexibility index (Phi) is 8.74. The first-order valence-corrected chi connectivity index (χ1v) is 12.0. The van der Waals surface area contributed by atoms with Crippen molar-refractivity contribution >= 4 is 8.25 Å². The van der Waals surface area contributed by atoms with Crippen molar-refractivity contribution in [2.24, 2.45) is 5.92 Å². The number of hydrogen-bond donors (Lipinski definition) is 0. The van der Waals surface area contributed by atoms with Crippen molar-refractivity contribution in [3.63, 3.8) is 0 Å². The van der Waals surface area contributed by atoms with E-state index in [0.717, 1.165) is 24.0 Å². The van der Waals surface area contributed by atoms with E-state index in [0.29, 0.717) is 18.3 Å². The van der Waals surface area contributed by atoms with Crippen LogP contribution in [-0.2, 0) is 9.09 Å². The Balaban J connectivity index is 1.55. The third-order valence-corrected chi connectivity index (χ3v) is 6.17. The lowest BCUT2D eigenvalue weighted by molar-refractivity contribution is 0.221. The zero-order valence-electron chi connectivity index (χ0n) is 17.8. The maximum absolute atomic E-state index is 12.2. The van der Waals surface area contributed by atoms with Gasteiger partial charge in [-0.1, -0.05) is 99.8 Å². The summed E-state index contributed by atoms with van der Waals surface area (Å²) >= 11 is 0. The molecule has 0 heterocycles. The molecule has 3 nitrogen and oxygen atoms in total. The Bertz CT molecular complexity index is 905. The van der Waals surface area contributed by atoms with E-state index in [2.05, 4.69) is 50.2 Å². The van der Waals surface area contributed by atoms with E-state index in [4.69, 9.17) is 9.05 Å². The van der Waals surface area contributed by atoms with Gasteiger partial charge in [-0.15, -0.1) is 0 Å². The van der Waals surface area contributed by atoms with Gasteiger partial charge in [0.25, 0.3) is 0 Å². The summed E-state index contributed by atoms with van der Waals surface area (Å²) in [5.74, 6) is 1.02. The molecule has 0 aromatic heterocycles. The van der Waals surface area contributed by atoms with Gasteiger partial charge >= 0.3 is 8.25 Å². The van der Waals surface area contributed by atoms with Crippen molar-refractivity contribution in [1.29, 1.82) is 0 Å². The molecule has 0 aliphatic carbocycles. The van der Waals surface area contributed by atoms with Crippen LogP contribution in [0, 0.1) is 5.92 Å². The second-order valence-corrected chi connectivity index (χ2v) is 8.54. The SMILES string of the molecule is CCCCC(CC)CO[PH](=O)Oc1ccc(-c2ccc(-c3ccccc3)cc2)cc1. The highest BCUT2D eigenvalue weighted by atomic mass is 31.1. The fraction of sp³-hybridized carbons (Fsp3) is 0.308. The van der Waals surface area contributed by atoms with Gasteiger partial charge < -0.3 is 9.05 Å². The molecule has 0 radical (unpaired) electrons. The van der Waals surface area contributed by atoms with Gasteiger partial charge in [0.2, 0.25) is 0 Å². The zero-order chi connectivity index (χ0) is 21.2. The molecule has 0 saturated heterocycles. The number of unbranched alkanes of at least 4 members (excludes halogenated alkanes) is 1. The van der Waals surface area contributed by atoms with Crippen molar-refractivity contribution in [3.8, 4) is 28.0 Å². The van der Waals surface area contributed by atoms with Crippen molar-refractivity contribution in [1.82, 2.24) is 0 Å². The summed E-state index contributed by atoms with van der Waals surface area (Å²) in [6, 6.07) is 26.5. The lowest BCUT2D eigenvalue weighted by Gasteiger charge is -2.14. The fourth-order valence-electron chi connectivity index (χ4n) is 3.41. The lowest BCUT2D eigenvalue weighted by atomic mass is 10.0. The maximum Gasteiger partial charge on any atom is 0.367 e. The Labute approximate surface area is 181 Å². The highest BCUT2D eigenvalue weighted by Gasteiger charge is 2.10. The molecule has 0 amide bonds. The molecule has 0 aliphatic heterocycles. The highest BCUT2D eigenvalue weighted by Crippen LogP contribution is 2.32. The smallest absolute Gasteiger partial charge is 0.367 e. The summed E-state index contributed by atoms with van der Waals surface area (Å²) in [4.78, 5) is 0. The molecule has 2 atom stereocenters. The molecule has 158 valence electrons. The van der Waals surface area contributed by atoms with Gasteiger partial charge in [-0.05, 0) is 46.7 Å². The minimum absolute atomic E-state index is 0.448. The summed E-state index contributed by atoms with van der Waals surface area (Å²) in [5.41, 5.74) is 4.62. The molecule has 0 aliphatic rings. The number of rotatable bonds is 11. The average molecular weight is 423 g/mol. The molecule has 3 aromatic carbocycles. The van der Waals surface area contributed by atoms with E-state index in [-0.39, 0.29) is 0 Å². The van der Waals surface area contributed by atoms with Crippen LogP contribution >= 0.6 is 8.25 Å². The van der Waals surface area contributed by atoms with Gasteiger partial charge in [-0.25, -0.2) is 4.57 Å². The topological polar surface area (TPSA) is 35.5 Å². The molecule has 0 N–H and O–H groups in total. The van der Waals surface area contributed by atoms with Gasteiger partial charge in [-0.3, -0.25) is 0 Å². The van der Waals surface area contributed by atoms with Gasteiger partial charge in [0.1, 0.15) is 5.75 Å². The van der Waals surface area contributed by atoms with Gasteiger partial charge in [0, 0.05) is 0 Å². The number of benzene rings is 3. The van der Waals surface area contributed by atoms with Crippen molar-refractivity contribution in [3.05, 3.63) is 78.9 Å². The maximum atomic E-state index is 12.2. The largest absolute Gasteiger partial charge is 0.426 e. The van der Waals surface area contributed by atoms with Crippen molar-refractivity contribution < 1.29 is 13.6 Å². The first kappa shape index (κ1) is 22.3. The monoisotopic (exact) mass is 422 g/mol. The highest BCUT2D eigenvalue weighted by molar-refractivity contribution is 7.33. The Morgan fingerprint density at radius 1 is 0.767 bits per heavy atom. The van der Waals surface area contributed by atoms with Gasteiger partial charge in [-0.2, -0.15) is 0 Å². The molecule has 3 aromatic rings. The van der Waals surface area contributed by atoms with E-state index >= 15 is 0 Å². The van der Waals surface area contributed by atoms with E-state index in [9.17, 15) is 4.57 Å². The lowest BCUT2D eigenvalue weighted by Crippen LogP contribution is -2.06. The summed E-state index contributed by atoms with van der Waals surface area (Å²) in [6.07, 6.45) is 4.49. The van der Waals surface area contributed by atoms with Crippen LogP contribution in [0.15, 0.2) is 78.9 Å². The van der Waals surface area contributed by atoms with Crippen LogP contribution in [0.5, 0.6) is 5.75 Å². The Hall–Kier alpha value is -2.35. The molecular weight excluding hydrogens is 391 g/mol. The minimum atomic E-state index is -2.53.